The summed E-state index contributed by atoms with van der Waals surface area (Å²) in [6, 6.07) is 20.6. The highest BCUT2D eigenvalue weighted by Gasteiger charge is 2.16. The van der Waals surface area contributed by atoms with Crippen LogP contribution in [-0.2, 0) is 29.1 Å². The molecule has 0 aliphatic carbocycles. The van der Waals surface area contributed by atoms with Gasteiger partial charge >= 0.3 is 5.97 Å². The van der Waals surface area contributed by atoms with Gasteiger partial charge in [0.2, 0.25) is 0 Å². The predicted molar refractivity (Wildman–Crippen MR) is 123 cm³/mol. The summed E-state index contributed by atoms with van der Waals surface area (Å²) in [5.41, 5.74) is 5.39. The van der Waals surface area contributed by atoms with Crippen LogP contribution in [0.15, 0.2) is 66.9 Å². The lowest BCUT2D eigenvalue weighted by Crippen LogP contribution is -2.27. The summed E-state index contributed by atoms with van der Waals surface area (Å²) in [5, 5.41) is 0. The number of ether oxygens (including phenoxy) is 2. The number of methoxy groups -OCH3 is 2. The van der Waals surface area contributed by atoms with Gasteiger partial charge in [0, 0.05) is 51.8 Å². The molecule has 0 atom stereocenters. The molecule has 0 radical (unpaired) electrons. The van der Waals surface area contributed by atoms with Crippen LogP contribution in [0.25, 0.3) is 0 Å². The zero-order chi connectivity index (χ0) is 22.1. The molecule has 0 fully saturated rings. The van der Waals surface area contributed by atoms with Gasteiger partial charge in [-0.3, -0.25) is 4.90 Å². The molecule has 0 bridgehead atoms. The zero-order valence-electron chi connectivity index (χ0n) is 18.7. The van der Waals surface area contributed by atoms with E-state index in [9.17, 15) is 4.79 Å². The van der Waals surface area contributed by atoms with Crippen molar-refractivity contribution in [3.05, 3.63) is 94.8 Å². The first-order valence-corrected chi connectivity index (χ1v) is 10.7. The Labute approximate surface area is 185 Å². The molecule has 0 aliphatic heterocycles. The van der Waals surface area contributed by atoms with Gasteiger partial charge in [-0.15, -0.1) is 0 Å². The minimum Gasteiger partial charge on any atom is -0.465 e. The van der Waals surface area contributed by atoms with Gasteiger partial charge in [-0.1, -0.05) is 48.0 Å². The van der Waals surface area contributed by atoms with E-state index in [2.05, 4.69) is 59.0 Å². The van der Waals surface area contributed by atoms with Gasteiger partial charge < -0.3 is 14.0 Å². The maximum Gasteiger partial charge on any atom is 0.338 e. The van der Waals surface area contributed by atoms with E-state index in [1.165, 1.54) is 23.9 Å². The minimum absolute atomic E-state index is 0.296. The highest BCUT2D eigenvalue weighted by molar-refractivity contribution is 5.90. The normalized spacial score (nSPS) is 11.1. The maximum atomic E-state index is 12.2. The van der Waals surface area contributed by atoms with Crippen LogP contribution in [0.3, 0.4) is 0 Å². The summed E-state index contributed by atoms with van der Waals surface area (Å²) in [6.45, 7) is 5.99. The second kappa shape index (κ2) is 11.5. The van der Waals surface area contributed by atoms with E-state index in [-0.39, 0.29) is 5.97 Å². The topological polar surface area (TPSA) is 43.7 Å². The molecule has 3 aromatic rings. The Morgan fingerprint density at radius 3 is 2.48 bits per heavy atom. The van der Waals surface area contributed by atoms with Gasteiger partial charge in [0.05, 0.1) is 12.7 Å². The molecule has 0 spiro atoms. The summed E-state index contributed by atoms with van der Waals surface area (Å²) in [5.74, 6) is -0.296. The Bertz CT molecular complexity index is 963. The van der Waals surface area contributed by atoms with Crippen LogP contribution in [0.2, 0.25) is 0 Å². The quantitative estimate of drug-likeness (QED) is 0.334. The molecule has 0 saturated heterocycles. The van der Waals surface area contributed by atoms with Gasteiger partial charge in [-0.05, 0) is 42.7 Å². The fraction of sp³-hybridized carbons (Fsp3) is 0.346. The van der Waals surface area contributed by atoms with Crippen molar-refractivity contribution in [1.82, 2.24) is 9.47 Å². The number of carbonyl (C=O) groups is 1. The van der Waals surface area contributed by atoms with E-state index in [0.717, 1.165) is 31.6 Å². The SMILES string of the molecule is COCCCN(Cc1ccccc1C(=O)OC)Cc1cccn1Cc1ccc(C)cc1. The first kappa shape index (κ1) is 22.8. The number of nitrogens with zero attached hydrogens (tertiary/aromatic N) is 2. The summed E-state index contributed by atoms with van der Waals surface area (Å²) >= 11 is 0. The zero-order valence-corrected chi connectivity index (χ0v) is 18.7. The molecule has 164 valence electrons. The van der Waals surface area contributed by atoms with Crippen molar-refractivity contribution in [1.29, 1.82) is 0 Å². The highest BCUT2D eigenvalue weighted by atomic mass is 16.5. The van der Waals surface area contributed by atoms with Crippen LogP contribution >= 0.6 is 0 Å². The van der Waals surface area contributed by atoms with Gasteiger partial charge in [-0.25, -0.2) is 4.79 Å². The van der Waals surface area contributed by atoms with E-state index >= 15 is 0 Å². The second-order valence-corrected chi connectivity index (χ2v) is 7.82. The molecule has 1 aromatic heterocycles. The van der Waals surface area contributed by atoms with Crippen LogP contribution in [0.1, 0.15) is 39.2 Å². The Kier molecular flexibility index (Phi) is 8.44. The summed E-state index contributed by atoms with van der Waals surface area (Å²) in [4.78, 5) is 14.6. The van der Waals surface area contributed by atoms with Crippen molar-refractivity contribution in [2.75, 3.05) is 27.4 Å². The third-order valence-electron chi connectivity index (χ3n) is 5.42. The molecule has 0 amide bonds. The molecule has 3 rings (SSSR count). The number of aryl methyl sites for hydroxylation is 1. The molecule has 5 nitrogen and oxygen atoms in total. The van der Waals surface area contributed by atoms with E-state index in [1.807, 2.05) is 24.3 Å². The lowest BCUT2D eigenvalue weighted by molar-refractivity contribution is 0.0598. The maximum absolute atomic E-state index is 12.2. The van der Waals surface area contributed by atoms with Crippen molar-refractivity contribution in [2.45, 2.75) is 33.0 Å². The summed E-state index contributed by atoms with van der Waals surface area (Å²) < 4.78 is 12.5. The van der Waals surface area contributed by atoms with Crippen molar-refractivity contribution in [3.8, 4) is 0 Å². The lowest BCUT2D eigenvalue weighted by atomic mass is 10.1. The van der Waals surface area contributed by atoms with Crippen molar-refractivity contribution < 1.29 is 14.3 Å². The largest absolute Gasteiger partial charge is 0.465 e. The van der Waals surface area contributed by atoms with E-state index < -0.39 is 0 Å². The smallest absolute Gasteiger partial charge is 0.338 e. The summed E-state index contributed by atoms with van der Waals surface area (Å²) in [6.07, 6.45) is 3.06. The third kappa shape index (κ3) is 6.54. The van der Waals surface area contributed by atoms with Crippen LogP contribution in [-0.4, -0.2) is 42.8 Å². The van der Waals surface area contributed by atoms with Gasteiger partial charge in [-0.2, -0.15) is 0 Å². The minimum atomic E-state index is -0.296. The van der Waals surface area contributed by atoms with Crippen molar-refractivity contribution in [3.63, 3.8) is 0 Å². The van der Waals surface area contributed by atoms with Crippen molar-refractivity contribution in [2.24, 2.45) is 0 Å². The van der Waals surface area contributed by atoms with Crippen LogP contribution < -0.4 is 0 Å². The summed E-state index contributed by atoms with van der Waals surface area (Å²) in [7, 11) is 3.15. The van der Waals surface area contributed by atoms with Gasteiger partial charge in [0.25, 0.3) is 0 Å². The average Bonchev–Trinajstić information content (AvgIpc) is 3.21. The lowest BCUT2D eigenvalue weighted by Gasteiger charge is -2.24. The van der Waals surface area contributed by atoms with Crippen LogP contribution in [0, 0.1) is 6.92 Å². The Balaban J connectivity index is 1.77. The molecule has 0 unspecified atom stereocenters. The second-order valence-electron chi connectivity index (χ2n) is 7.82. The molecule has 31 heavy (non-hydrogen) atoms. The Hall–Kier alpha value is -2.89. The molecule has 5 heteroatoms. The monoisotopic (exact) mass is 420 g/mol. The van der Waals surface area contributed by atoms with Gasteiger partial charge in [0.15, 0.2) is 0 Å². The number of carbonyl (C=O) groups excluding carboxylic acids is 1. The molecule has 0 aliphatic rings. The molecule has 0 saturated carbocycles. The number of rotatable bonds is 11. The first-order chi connectivity index (χ1) is 15.1. The number of hydrogen-bond donors (Lipinski definition) is 0. The predicted octanol–water partition coefficient (Wildman–Crippen LogP) is 4.67. The number of esters is 1. The number of hydrogen-bond acceptors (Lipinski definition) is 4. The molecule has 0 N–H and O–H groups in total. The fourth-order valence-corrected chi connectivity index (χ4v) is 3.72. The first-order valence-electron chi connectivity index (χ1n) is 10.7. The highest BCUT2D eigenvalue weighted by Crippen LogP contribution is 2.17. The molecular weight excluding hydrogens is 388 g/mol. The number of benzene rings is 2. The van der Waals surface area contributed by atoms with Gasteiger partial charge in [0.1, 0.15) is 0 Å². The number of aromatic nitrogens is 1. The van der Waals surface area contributed by atoms with Crippen LogP contribution in [0.5, 0.6) is 0 Å². The Morgan fingerprint density at radius 2 is 1.74 bits per heavy atom. The molecule has 1 heterocycles. The fourth-order valence-electron chi connectivity index (χ4n) is 3.72. The van der Waals surface area contributed by atoms with Crippen LogP contribution in [0.4, 0.5) is 0 Å². The molecule has 2 aromatic carbocycles. The standard InChI is InChI=1S/C26H32N2O3/c1-21-11-13-22(14-12-21)18-28-16-6-9-24(28)20-27(15-7-17-30-2)19-23-8-4-5-10-25(23)26(29)31-3/h4-6,8-14,16H,7,15,17-20H2,1-3H3. The average molecular weight is 421 g/mol. The van der Waals surface area contributed by atoms with Crippen molar-refractivity contribution >= 4 is 5.97 Å². The van der Waals surface area contributed by atoms with E-state index in [0.29, 0.717) is 18.7 Å². The van der Waals surface area contributed by atoms with E-state index in [4.69, 9.17) is 9.47 Å². The van der Waals surface area contributed by atoms with E-state index in [1.54, 1.807) is 7.11 Å². The molecular formula is C26H32N2O3. The third-order valence-corrected chi connectivity index (χ3v) is 5.42. The Morgan fingerprint density at radius 1 is 0.968 bits per heavy atom.